The Bertz CT molecular complexity index is 886. The minimum atomic E-state index is -1.95. The molecular weight excluding hydrogens is 592 g/mol. The van der Waals surface area contributed by atoms with E-state index in [1.165, 1.54) is 13.8 Å². The Morgan fingerprint density at radius 3 is 1.37 bits per heavy atom. The van der Waals surface area contributed by atoms with Gasteiger partial charge in [0.05, 0.1) is 25.4 Å². The Hall–Kier alpha value is -0.760. The Labute approximate surface area is 244 Å². The third-order valence-electron chi connectivity index (χ3n) is 8.13. The largest absolute Gasteiger partial charge is 0.394 e. The predicted octanol–water partition coefficient (Wildman–Crippen LogP) is -7.69. The van der Waals surface area contributed by atoms with E-state index in [-0.39, 0.29) is 0 Å². The molecule has 19 heteroatoms. The van der Waals surface area contributed by atoms with Crippen LogP contribution in [-0.4, -0.2) is 197 Å². The molecule has 252 valence electrons. The molecule has 4 rings (SSSR count). The first-order valence-corrected chi connectivity index (χ1v) is 13.8. The van der Waals surface area contributed by atoms with E-state index in [0.29, 0.717) is 0 Å². The summed E-state index contributed by atoms with van der Waals surface area (Å²) in [7, 11) is 0. The monoisotopic (exact) mass is 634 g/mol. The molecule has 20 atom stereocenters. The van der Waals surface area contributed by atoms with Crippen molar-refractivity contribution in [1.29, 1.82) is 0 Å². The van der Waals surface area contributed by atoms with Gasteiger partial charge in [0.15, 0.2) is 25.2 Å². The molecule has 4 fully saturated rings. The van der Waals surface area contributed by atoms with E-state index in [1.54, 1.807) is 0 Å². The summed E-state index contributed by atoms with van der Waals surface area (Å²) in [6, 6.07) is 0. The van der Waals surface area contributed by atoms with Gasteiger partial charge in [-0.25, -0.2) is 0 Å². The van der Waals surface area contributed by atoms with Crippen molar-refractivity contribution in [3.05, 3.63) is 0 Å². The van der Waals surface area contributed by atoms with Crippen molar-refractivity contribution in [1.82, 2.24) is 0 Å². The molecule has 19 nitrogen and oxygen atoms in total. The van der Waals surface area contributed by atoms with Gasteiger partial charge in [0, 0.05) is 0 Å². The van der Waals surface area contributed by atoms with E-state index in [4.69, 9.17) is 33.2 Å². The normalized spacial score (nSPS) is 54.8. The lowest BCUT2D eigenvalue weighted by Gasteiger charge is -2.49. The maximum absolute atomic E-state index is 11.2. The Kier molecular flexibility index (Phi) is 11.7. The lowest BCUT2D eigenvalue weighted by atomic mass is 9.96. The summed E-state index contributed by atoms with van der Waals surface area (Å²) >= 11 is 0. The average Bonchev–Trinajstić information content (AvgIpc) is 2.98. The van der Waals surface area contributed by atoms with Crippen molar-refractivity contribution in [2.45, 2.75) is 137 Å². The van der Waals surface area contributed by atoms with Gasteiger partial charge in [-0.05, 0) is 13.8 Å². The highest BCUT2D eigenvalue weighted by Gasteiger charge is 2.55. The van der Waals surface area contributed by atoms with Gasteiger partial charge < -0.3 is 94.4 Å². The lowest BCUT2D eigenvalue weighted by Crippen LogP contribution is -2.67. The van der Waals surface area contributed by atoms with Gasteiger partial charge >= 0.3 is 0 Å². The van der Waals surface area contributed by atoms with Crippen LogP contribution in [0.1, 0.15) is 13.8 Å². The minimum absolute atomic E-state index is 0.823. The Morgan fingerprint density at radius 1 is 0.419 bits per heavy atom. The van der Waals surface area contributed by atoms with E-state index >= 15 is 0 Å². The molecule has 4 aliphatic heterocycles. The average molecular weight is 635 g/mol. The third-order valence-corrected chi connectivity index (χ3v) is 8.13. The zero-order valence-corrected chi connectivity index (χ0v) is 23.2. The molecule has 4 heterocycles. The van der Waals surface area contributed by atoms with Crippen LogP contribution in [0.2, 0.25) is 0 Å². The smallest absolute Gasteiger partial charge is 0.187 e. The first kappa shape index (κ1) is 35.1. The van der Waals surface area contributed by atoms with Crippen molar-refractivity contribution in [3.8, 4) is 0 Å². The van der Waals surface area contributed by atoms with Crippen molar-refractivity contribution in [2.75, 3.05) is 13.2 Å². The van der Waals surface area contributed by atoms with Crippen LogP contribution in [0.25, 0.3) is 0 Å². The van der Waals surface area contributed by atoms with E-state index in [1.807, 2.05) is 0 Å². The fourth-order valence-corrected chi connectivity index (χ4v) is 5.40. The van der Waals surface area contributed by atoms with Gasteiger partial charge in [-0.1, -0.05) is 0 Å². The number of ether oxygens (including phenoxy) is 7. The highest BCUT2D eigenvalue weighted by Crippen LogP contribution is 2.34. The van der Waals surface area contributed by atoms with Crippen molar-refractivity contribution >= 4 is 0 Å². The van der Waals surface area contributed by atoms with Crippen LogP contribution < -0.4 is 0 Å². The van der Waals surface area contributed by atoms with Crippen LogP contribution in [0.3, 0.4) is 0 Å². The molecule has 0 spiro atoms. The van der Waals surface area contributed by atoms with Crippen LogP contribution in [0.5, 0.6) is 0 Å². The molecule has 0 amide bonds. The highest BCUT2D eigenvalue weighted by atomic mass is 16.8. The summed E-state index contributed by atoms with van der Waals surface area (Å²) in [4.78, 5) is 0. The molecule has 0 aromatic carbocycles. The summed E-state index contributed by atoms with van der Waals surface area (Å²) < 4.78 is 38.6. The standard InChI is InChI=1S/C24H42O19/c1-5-9(27)12(30)15(33)22(37-5)42-19-17(35)18(8(4-26)39-21(19)36)41-24-20(14(32)11(29)7(3-25)40-24)43-23-16(34)13(31)10(28)6(2)38-23/h5-36H,3-4H2,1-2H3/t5-,6-,7+,8+,9+,10+,11-,12+,13+,14-,15-,16-,17-,18+,19+,20+,21+,22-,23-,24-/m0/s1. The molecular formula is C24H42O19. The quantitative estimate of drug-likeness (QED) is 0.118. The molecule has 4 aliphatic rings. The lowest BCUT2D eigenvalue weighted by molar-refractivity contribution is -0.396. The van der Waals surface area contributed by atoms with Crippen LogP contribution >= 0.6 is 0 Å². The second-order valence-corrected chi connectivity index (χ2v) is 11.1. The number of aliphatic hydroxyl groups excluding tert-OH is 12. The summed E-state index contributed by atoms with van der Waals surface area (Å²) in [5.74, 6) is 0. The molecule has 0 aromatic rings. The molecule has 4 saturated heterocycles. The topological polar surface area (TPSA) is 307 Å². The molecule has 0 aliphatic carbocycles. The van der Waals surface area contributed by atoms with Crippen LogP contribution in [-0.2, 0) is 33.2 Å². The SMILES string of the molecule is C[C@@H]1O[C@@H](O[C@@H]2[C@@H](O)[C@H](O[C@@H]3O[C@H](CO)[C@H](O)[C@H](O)[C@H]3O[C@@H]3O[C@@H](C)[C@@H](O)[C@@H](O)[C@@H]3O)[C@@H](CO)O[C@H]2O)[C@@H](O)[C@H](O)[C@@H]1O. The zero-order valence-electron chi connectivity index (χ0n) is 23.2. The van der Waals surface area contributed by atoms with Crippen LogP contribution in [0.15, 0.2) is 0 Å². The summed E-state index contributed by atoms with van der Waals surface area (Å²) in [5, 5.41) is 123. The van der Waals surface area contributed by atoms with Gasteiger partial charge in [0.2, 0.25) is 0 Å². The number of aliphatic hydroxyl groups is 12. The van der Waals surface area contributed by atoms with Crippen molar-refractivity contribution in [3.63, 3.8) is 0 Å². The Morgan fingerprint density at radius 2 is 0.884 bits per heavy atom. The fraction of sp³-hybridized carbons (Fsp3) is 1.00. The van der Waals surface area contributed by atoms with Gasteiger partial charge in [-0.3, -0.25) is 0 Å². The molecule has 0 saturated carbocycles. The number of rotatable bonds is 8. The van der Waals surface area contributed by atoms with Gasteiger partial charge in [-0.2, -0.15) is 0 Å². The van der Waals surface area contributed by atoms with Gasteiger partial charge in [0.25, 0.3) is 0 Å². The summed E-state index contributed by atoms with van der Waals surface area (Å²) in [5.41, 5.74) is 0. The van der Waals surface area contributed by atoms with E-state index in [9.17, 15) is 61.3 Å². The summed E-state index contributed by atoms with van der Waals surface area (Å²) in [6.07, 6.45) is -33.0. The Balaban J connectivity index is 1.56. The molecule has 12 N–H and O–H groups in total. The van der Waals surface area contributed by atoms with Crippen LogP contribution in [0, 0.1) is 0 Å². The maximum atomic E-state index is 11.2. The van der Waals surface area contributed by atoms with E-state index in [2.05, 4.69) is 0 Å². The molecule has 0 radical (unpaired) electrons. The molecule has 0 aromatic heterocycles. The first-order chi connectivity index (χ1) is 20.2. The predicted molar refractivity (Wildman–Crippen MR) is 131 cm³/mol. The second kappa shape index (κ2) is 14.3. The third kappa shape index (κ3) is 7.00. The van der Waals surface area contributed by atoms with Crippen molar-refractivity contribution < 1.29 is 94.4 Å². The van der Waals surface area contributed by atoms with Crippen LogP contribution in [0.4, 0.5) is 0 Å². The second-order valence-electron chi connectivity index (χ2n) is 11.1. The summed E-state index contributed by atoms with van der Waals surface area (Å²) in [6.45, 7) is 1.07. The fourth-order valence-electron chi connectivity index (χ4n) is 5.40. The maximum Gasteiger partial charge on any atom is 0.187 e. The minimum Gasteiger partial charge on any atom is -0.394 e. The van der Waals surface area contributed by atoms with Gasteiger partial charge in [0.1, 0.15) is 85.5 Å². The number of hydrogen-bond donors (Lipinski definition) is 12. The molecule has 0 unspecified atom stereocenters. The van der Waals surface area contributed by atoms with E-state index in [0.717, 1.165) is 0 Å². The first-order valence-electron chi connectivity index (χ1n) is 13.8. The van der Waals surface area contributed by atoms with Gasteiger partial charge in [-0.15, -0.1) is 0 Å². The highest BCUT2D eigenvalue weighted by molar-refractivity contribution is 4.97. The van der Waals surface area contributed by atoms with E-state index < -0.39 is 136 Å². The molecule has 0 bridgehead atoms. The zero-order chi connectivity index (χ0) is 31.9. The number of hydrogen-bond acceptors (Lipinski definition) is 19. The van der Waals surface area contributed by atoms with Crippen molar-refractivity contribution in [2.24, 2.45) is 0 Å². The molecule has 43 heavy (non-hydrogen) atoms.